The summed E-state index contributed by atoms with van der Waals surface area (Å²) >= 11 is 5.18. The molecule has 2 nitrogen and oxygen atoms in total. The van der Waals surface area contributed by atoms with E-state index in [2.05, 4.69) is 0 Å². The SMILES string of the molecule is O=Cc1c(F)c(F)c(F)c(Cl)c1C=O. The molecule has 0 aromatic heterocycles. The molecule has 0 unspecified atom stereocenters. The monoisotopic (exact) mass is 222 g/mol. The molecule has 0 radical (unpaired) electrons. The average molecular weight is 223 g/mol. The van der Waals surface area contributed by atoms with Crippen molar-refractivity contribution in [2.45, 2.75) is 0 Å². The van der Waals surface area contributed by atoms with Crippen molar-refractivity contribution in [3.8, 4) is 0 Å². The molecule has 0 aliphatic heterocycles. The van der Waals surface area contributed by atoms with E-state index < -0.39 is 33.6 Å². The molecular formula is C8H2ClF3O2. The lowest BCUT2D eigenvalue weighted by Crippen LogP contribution is -2.04. The quantitative estimate of drug-likeness (QED) is 0.437. The summed E-state index contributed by atoms with van der Waals surface area (Å²) in [6.45, 7) is 0. The van der Waals surface area contributed by atoms with Crippen molar-refractivity contribution in [2.24, 2.45) is 0 Å². The Morgan fingerprint density at radius 1 is 0.857 bits per heavy atom. The molecular weight excluding hydrogens is 221 g/mol. The van der Waals surface area contributed by atoms with E-state index in [0.29, 0.717) is 0 Å². The number of halogens is 4. The molecule has 0 aliphatic carbocycles. The van der Waals surface area contributed by atoms with Crippen molar-refractivity contribution in [1.29, 1.82) is 0 Å². The Labute approximate surface area is 81.3 Å². The Kier molecular flexibility index (Phi) is 2.90. The van der Waals surface area contributed by atoms with Gasteiger partial charge in [0, 0.05) is 5.56 Å². The number of benzene rings is 1. The third-order valence-electron chi connectivity index (χ3n) is 1.58. The van der Waals surface area contributed by atoms with Crippen LogP contribution in [0.4, 0.5) is 13.2 Å². The van der Waals surface area contributed by atoms with Gasteiger partial charge in [0.25, 0.3) is 0 Å². The number of rotatable bonds is 2. The van der Waals surface area contributed by atoms with Crippen LogP contribution in [0.3, 0.4) is 0 Å². The van der Waals surface area contributed by atoms with Crippen molar-refractivity contribution in [3.05, 3.63) is 33.6 Å². The predicted molar refractivity (Wildman–Crippen MR) is 42.1 cm³/mol. The number of carbonyl (C=O) groups is 2. The summed E-state index contributed by atoms with van der Waals surface area (Å²) in [6, 6.07) is 0. The van der Waals surface area contributed by atoms with Gasteiger partial charge >= 0.3 is 0 Å². The van der Waals surface area contributed by atoms with Crippen LogP contribution >= 0.6 is 11.6 Å². The number of hydrogen-bond donors (Lipinski definition) is 0. The van der Waals surface area contributed by atoms with E-state index in [4.69, 9.17) is 11.6 Å². The van der Waals surface area contributed by atoms with E-state index in [1.165, 1.54) is 0 Å². The molecule has 0 spiro atoms. The summed E-state index contributed by atoms with van der Waals surface area (Å²) in [4.78, 5) is 20.6. The van der Waals surface area contributed by atoms with Crippen molar-refractivity contribution in [3.63, 3.8) is 0 Å². The van der Waals surface area contributed by atoms with Gasteiger partial charge in [0.2, 0.25) is 0 Å². The van der Waals surface area contributed by atoms with Gasteiger partial charge in [-0.15, -0.1) is 0 Å². The predicted octanol–water partition coefficient (Wildman–Crippen LogP) is 2.38. The highest BCUT2D eigenvalue weighted by Gasteiger charge is 2.23. The van der Waals surface area contributed by atoms with Crippen LogP contribution in [-0.2, 0) is 0 Å². The molecule has 0 saturated carbocycles. The Bertz CT molecular complexity index is 379. The second-order valence-corrected chi connectivity index (χ2v) is 2.70. The maximum Gasteiger partial charge on any atom is 0.196 e. The molecule has 1 rings (SSSR count). The van der Waals surface area contributed by atoms with E-state index >= 15 is 0 Å². The summed E-state index contributed by atoms with van der Waals surface area (Å²) in [5.41, 5.74) is -1.58. The van der Waals surface area contributed by atoms with Crippen molar-refractivity contribution >= 4 is 24.2 Å². The Hall–Kier alpha value is -1.36. The average Bonchev–Trinajstić information content (AvgIpc) is 2.20. The van der Waals surface area contributed by atoms with E-state index in [9.17, 15) is 22.8 Å². The van der Waals surface area contributed by atoms with Crippen LogP contribution < -0.4 is 0 Å². The minimum atomic E-state index is -1.87. The summed E-state index contributed by atoms with van der Waals surface area (Å²) in [5, 5.41) is -0.902. The van der Waals surface area contributed by atoms with Crippen LogP contribution in [-0.4, -0.2) is 12.6 Å². The number of carbonyl (C=O) groups excluding carboxylic acids is 2. The summed E-state index contributed by atoms with van der Waals surface area (Å²) in [7, 11) is 0. The first-order chi connectivity index (χ1) is 6.54. The highest BCUT2D eigenvalue weighted by molar-refractivity contribution is 6.33. The van der Waals surface area contributed by atoms with Gasteiger partial charge in [0.05, 0.1) is 10.6 Å². The molecule has 6 heteroatoms. The third-order valence-corrected chi connectivity index (χ3v) is 1.95. The molecule has 0 aliphatic rings. The zero-order valence-electron chi connectivity index (χ0n) is 6.48. The molecule has 74 valence electrons. The fraction of sp³-hybridized carbons (Fsp3) is 0. The van der Waals surface area contributed by atoms with Gasteiger partial charge in [0.1, 0.15) is 0 Å². The lowest BCUT2D eigenvalue weighted by Gasteiger charge is -2.04. The molecule has 0 amide bonds. The highest BCUT2D eigenvalue weighted by atomic mass is 35.5. The lowest BCUT2D eigenvalue weighted by atomic mass is 10.1. The third kappa shape index (κ3) is 1.39. The minimum absolute atomic E-state index is 0.0162. The molecule has 0 saturated heterocycles. The van der Waals surface area contributed by atoms with Crippen LogP contribution in [0.25, 0.3) is 0 Å². The van der Waals surface area contributed by atoms with E-state index in [-0.39, 0.29) is 12.6 Å². The second kappa shape index (κ2) is 3.79. The van der Waals surface area contributed by atoms with Gasteiger partial charge in [-0.2, -0.15) is 0 Å². The molecule has 0 fully saturated rings. The molecule has 14 heavy (non-hydrogen) atoms. The molecule has 0 atom stereocenters. The van der Waals surface area contributed by atoms with Gasteiger partial charge < -0.3 is 0 Å². The smallest absolute Gasteiger partial charge is 0.196 e. The fourth-order valence-corrected chi connectivity index (χ4v) is 1.13. The van der Waals surface area contributed by atoms with Crippen LogP contribution in [0.2, 0.25) is 5.02 Å². The van der Waals surface area contributed by atoms with Gasteiger partial charge in [-0.3, -0.25) is 9.59 Å². The molecule has 1 aromatic rings. The lowest BCUT2D eigenvalue weighted by molar-refractivity contribution is 0.109. The zero-order valence-corrected chi connectivity index (χ0v) is 7.24. The number of aldehydes is 2. The second-order valence-electron chi connectivity index (χ2n) is 2.32. The van der Waals surface area contributed by atoms with Crippen LogP contribution in [0.15, 0.2) is 0 Å². The van der Waals surface area contributed by atoms with Gasteiger partial charge in [-0.05, 0) is 0 Å². The van der Waals surface area contributed by atoms with Crippen LogP contribution in [0.5, 0.6) is 0 Å². The fourth-order valence-electron chi connectivity index (χ4n) is 0.896. The van der Waals surface area contributed by atoms with E-state index in [1.807, 2.05) is 0 Å². The van der Waals surface area contributed by atoms with Crippen LogP contribution in [0.1, 0.15) is 20.7 Å². The Balaban J connectivity index is 3.73. The first-order valence-corrected chi connectivity index (χ1v) is 3.68. The topological polar surface area (TPSA) is 34.1 Å². The zero-order chi connectivity index (χ0) is 10.9. The van der Waals surface area contributed by atoms with Crippen molar-refractivity contribution in [2.75, 3.05) is 0 Å². The Morgan fingerprint density at radius 2 is 1.36 bits per heavy atom. The normalized spacial score (nSPS) is 10.0. The van der Waals surface area contributed by atoms with Gasteiger partial charge in [-0.1, -0.05) is 11.6 Å². The van der Waals surface area contributed by atoms with Crippen LogP contribution in [0, 0.1) is 17.5 Å². The largest absolute Gasteiger partial charge is 0.298 e. The minimum Gasteiger partial charge on any atom is -0.298 e. The summed E-state index contributed by atoms with van der Waals surface area (Å²) in [5.74, 6) is -5.27. The van der Waals surface area contributed by atoms with Gasteiger partial charge in [-0.25, -0.2) is 13.2 Å². The van der Waals surface area contributed by atoms with E-state index in [1.54, 1.807) is 0 Å². The first kappa shape index (κ1) is 10.7. The summed E-state index contributed by atoms with van der Waals surface area (Å²) in [6.07, 6.45) is -0.120. The van der Waals surface area contributed by atoms with Crippen molar-refractivity contribution in [1.82, 2.24) is 0 Å². The molecule has 0 bridgehead atoms. The van der Waals surface area contributed by atoms with Crippen molar-refractivity contribution < 1.29 is 22.8 Å². The standard InChI is InChI=1S/C8H2ClF3O2/c9-5-3(1-13)4(2-14)6(10)8(12)7(5)11/h1-2H. The van der Waals surface area contributed by atoms with Gasteiger partial charge in [0.15, 0.2) is 30.0 Å². The summed E-state index contributed by atoms with van der Waals surface area (Å²) < 4.78 is 38.2. The maximum atomic E-state index is 12.8. The molecule has 0 heterocycles. The van der Waals surface area contributed by atoms with E-state index in [0.717, 1.165) is 0 Å². The Morgan fingerprint density at radius 3 is 1.79 bits per heavy atom. The number of hydrogen-bond acceptors (Lipinski definition) is 2. The first-order valence-electron chi connectivity index (χ1n) is 3.30. The maximum absolute atomic E-state index is 12.8. The molecule has 0 N–H and O–H groups in total. The highest BCUT2D eigenvalue weighted by Crippen LogP contribution is 2.26. The molecule has 1 aromatic carbocycles.